The quantitative estimate of drug-likeness (QED) is 0.674. The van der Waals surface area contributed by atoms with Crippen LogP contribution in [0.5, 0.6) is 0 Å². The number of hydrogen-bond acceptors (Lipinski definition) is 5. The molecule has 1 atom stereocenters. The van der Waals surface area contributed by atoms with E-state index in [-0.39, 0.29) is 5.91 Å². The Morgan fingerprint density at radius 3 is 3.20 bits per heavy atom. The molecule has 7 heteroatoms. The van der Waals surface area contributed by atoms with Gasteiger partial charge in [-0.2, -0.15) is 0 Å². The van der Waals surface area contributed by atoms with Crippen LogP contribution >= 0.6 is 0 Å². The van der Waals surface area contributed by atoms with Gasteiger partial charge in [-0.3, -0.25) is 9.69 Å². The van der Waals surface area contributed by atoms with Crippen molar-refractivity contribution in [2.75, 3.05) is 25.5 Å². The average Bonchev–Trinajstić information content (AvgIpc) is 2.80. The number of nitrogens with zero attached hydrogens (tertiary/aromatic N) is 2. The van der Waals surface area contributed by atoms with E-state index in [1.54, 1.807) is 0 Å². The second-order valence-corrected chi connectivity index (χ2v) is 4.92. The minimum atomic E-state index is -0.401. The first-order valence-corrected chi connectivity index (χ1v) is 6.49. The van der Waals surface area contributed by atoms with Crippen LogP contribution in [-0.4, -0.2) is 46.6 Å². The van der Waals surface area contributed by atoms with Crippen LogP contribution in [0.25, 0.3) is 11.0 Å². The summed E-state index contributed by atoms with van der Waals surface area (Å²) in [5.41, 5.74) is 13.6. The second-order valence-electron chi connectivity index (χ2n) is 4.92. The van der Waals surface area contributed by atoms with Gasteiger partial charge in [0.1, 0.15) is 11.9 Å². The number of ether oxygens (including phenoxy) is 1. The zero-order chi connectivity index (χ0) is 14.1. The largest absolute Gasteiger partial charge is 0.399 e. The summed E-state index contributed by atoms with van der Waals surface area (Å²) in [6.45, 7) is 2.12. The predicted molar refractivity (Wildman–Crippen MR) is 74.7 cm³/mol. The molecule has 0 spiro atoms. The third kappa shape index (κ3) is 2.45. The molecule has 1 fully saturated rings. The molecule has 106 valence electrons. The molecule has 1 aliphatic heterocycles. The molecule has 3 rings (SSSR count). The third-order valence-electron chi connectivity index (χ3n) is 3.48. The van der Waals surface area contributed by atoms with E-state index in [0.717, 1.165) is 16.9 Å². The van der Waals surface area contributed by atoms with Gasteiger partial charge in [0.25, 0.3) is 0 Å². The smallest absolute Gasteiger partial charge is 0.237 e. The highest BCUT2D eigenvalue weighted by atomic mass is 16.5. The Morgan fingerprint density at radius 1 is 1.55 bits per heavy atom. The summed E-state index contributed by atoms with van der Waals surface area (Å²) in [5.74, 6) is 0.420. The highest BCUT2D eigenvalue weighted by Gasteiger charge is 2.28. The van der Waals surface area contributed by atoms with Crippen molar-refractivity contribution in [3.8, 4) is 0 Å². The summed E-state index contributed by atoms with van der Waals surface area (Å²) in [5, 5.41) is 0. The molecule has 2 aromatic rings. The number of nitrogen functional groups attached to an aromatic ring is 1. The molecule has 1 unspecified atom stereocenters. The van der Waals surface area contributed by atoms with E-state index in [0.29, 0.717) is 32.0 Å². The maximum atomic E-state index is 11.4. The molecule has 0 aliphatic carbocycles. The number of rotatable bonds is 3. The number of nitrogens with two attached hydrogens (primary N) is 2. The number of amides is 1. The standard InChI is InChI=1S/C13H17N5O2/c14-8-1-2-9-10(5-8)17-12(16-9)6-18-3-4-20-7-11(18)13(15)19/h1-2,5,11H,3-4,6-7,14H2,(H2,15,19)(H,16,17). The number of anilines is 1. The lowest BCUT2D eigenvalue weighted by molar-refractivity contribution is -0.129. The number of carbonyl (C=O) groups is 1. The lowest BCUT2D eigenvalue weighted by atomic mass is 10.2. The molecule has 1 saturated heterocycles. The molecule has 1 aromatic carbocycles. The molecule has 0 bridgehead atoms. The molecule has 2 heterocycles. The van der Waals surface area contributed by atoms with E-state index in [2.05, 4.69) is 9.97 Å². The summed E-state index contributed by atoms with van der Waals surface area (Å²) in [6, 6.07) is 5.13. The predicted octanol–water partition coefficient (Wildman–Crippen LogP) is -0.169. The first kappa shape index (κ1) is 12.9. The Balaban J connectivity index is 1.82. The van der Waals surface area contributed by atoms with E-state index in [4.69, 9.17) is 16.2 Å². The van der Waals surface area contributed by atoms with Gasteiger partial charge in [-0.15, -0.1) is 0 Å². The number of benzene rings is 1. The van der Waals surface area contributed by atoms with Gasteiger partial charge in [0.2, 0.25) is 5.91 Å². The second kappa shape index (κ2) is 5.10. The monoisotopic (exact) mass is 275 g/mol. The van der Waals surface area contributed by atoms with Crippen molar-refractivity contribution in [2.24, 2.45) is 5.73 Å². The van der Waals surface area contributed by atoms with Gasteiger partial charge >= 0.3 is 0 Å². The van der Waals surface area contributed by atoms with E-state index in [1.165, 1.54) is 0 Å². The van der Waals surface area contributed by atoms with Crippen molar-refractivity contribution in [3.05, 3.63) is 24.0 Å². The number of primary amides is 1. The Hall–Kier alpha value is -2.12. The van der Waals surface area contributed by atoms with Crippen LogP contribution < -0.4 is 11.5 Å². The molecule has 20 heavy (non-hydrogen) atoms. The van der Waals surface area contributed by atoms with Crippen LogP contribution in [0.3, 0.4) is 0 Å². The van der Waals surface area contributed by atoms with Gasteiger partial charge < -0.3 is 21.2 Å². The topological polar surface area (TPSA) is 110 Å². The van der Waals surface area contributed by atoms with Crippen LogP contribution in [0, 0.1) is 0 Å². The van der Waals surface area contributed by atoms with Crippen molar-refractivity contribution in [3.63, 3.8) is 0 Å². The van der Waals surface area contributed by atoms with E-state index < -0.39 is 6.04 Å². The van der Waals surface area contributed by atoms with Gasteiger partial charge in [0.15, 0.2) is 0 Å². The number of aromatic amines is 1. The molecule has 1 amide bonds. The molecular weight excluding hydrogens is 258 g/mol. The fourth-order valence-electron chi connectivity index (χ4n) is 2.44. The highest BCUT2D eigenvalue weighted by molar-refractivity contribution is 5.80. The Labute approximate surface area is 115 Å². The summed E-state index contributed by atoms with van der Waals surface area (Å²) >= 11 is 0. The number of imidazole rings is 1. The zero-order valence-corrected chi connectivity index (χ0v) is 11.0. The third-order valence-corrected chi connectivity index (χ3v) is 3.48. The average molecular weight is 275 g/mol. The van der Waals surface area contributed by atoms with Crippen LogP contribution in [-0.2, 0) is 16.1 Å². The van der Waals surface area contributed by atoms with Gasteiger partial charge in [-0.25, -0.2) is 4.98 Å². The molecular formula is C13H17N5O2. The van der Waals surface area contributed by atoms with Crippen LogP contribution in [0.4, 0.5) is 5.69 Å². The fourth-order valence-corrected chi connectivity index (χ4v) is 2.44. The van der Waals surface area contributed by atoms with E-state index >= 15 is 0 Å². The Bertz CT molecular complexity index is 639. The number of H-pyrrole nitrogens is 1. The fraction of sp³-hybridized carbons (Fsp3) is 0.385. The van der Waals surface area contributed by atoms with Crippen molar-refractivity contribution in [1.82, 2.24) is 14.9 Å². The van der Waals surface area contributed by atoms with Crippen molar-refractivity contribution in [2.45, 2.75) is 12.6 Å². The number of aromatic nitrogens is 2. The number of morpholine rings is 1. The Morgan fingerprint density at radius 2 is 2.40 bits per heavy atom. The molecule has 7 nitrogen and oxygen atoms in total. The van der Waals surface area contributed by atoms with Gasteiger partial charge in [-0.1, -0.05) is 0 Å². The zero-order valence-electron chi connectivity index (χ0n) is 11.0. The van der Waals surface area contributed by atoms with Gasteiger partial charge in [0, 0.05) is 12.2 Å². The van der Waals surface area contributed by atoms with Crippen LogP contribution in [0.1, 0.15) is 5.82 Å². The minimum absolute atomic E-state index is 0.336. The first-order chi connectivity index (χ1) is 9.63. The lowest BCUT2D eigenvalue weighted by Crippen LogP contribution is -2.51. The maximum Gasteiger partial charge on any atom is 0.237 e. The van der Waals surface area contributed by atoms with E-state index in [9.17, 15) is 4.79 Å². The molecule has 5 N–H and O–H groups in total. The van der Waals surface area contributed by atoms with Crippen LogP contribution in [0.2, 0.25) is 0 Å². The van der Waals surface area contributed by atoms with Gasteiger partial charge in [-0.05, 0) is 18.2 Å². The molecule has 1 aliphatic rings. The normalized spacial score (nSPS) is 20.3. The number of fused-ring (bicyclic) bond motifs is 1. The summed E-state index contributed by atoms with van der Waals surface area (Å²) in [7, 11) is 0. The molecule has 0 radical (unpaired) electrons. The molecule has 0 saturated carbocycles. The SMILES string of the molecule is NC(=O)C1COCCN1Cc1nc2ccc(N)cc2[nH]1. The first-order valence-electron chi connectivity index (χ1n) is 6.49. The maximum absolute atomic E-state index is 11.4. The summed E-state index contributed by atoms with van der Waals surface area (Å²) in [4.78, 5) is 21.1. The van der Waals surface area contributed by atoms with E-state index in [1.807, 2.05) is 23.1 Å². The Kier molecular flexibility index (Phi) is 3.29. The van der Waals surface area contributed by atoms with Crippen LogP contribution in [0.15, 0.2) is 18.2 Å². The highest BCUT2D eigenvalue weighted by Crippen LogP contribution is 2.17. The van der Waals surface area contributed by atoms with Crippen molar-refractivity contribution >= 4 is 22.6 Å². The summed E-state index contributed by atoms with van der Waals surface area (Å²) in [6.07, 6.45) is 0. The number of carbonyl (C=O) groups excluding carboxylic acids is 1. The number of hydrogen-bond donors (Lipinski definition) is 3. The van der Waals surface area contributed by atoms with Crippen molar-refractivity contribution < 1.29 is 9.53 Å². The van der Waals surface area contributed by atoms with Gasteiger partial charge in [0.05, 0.1) is 30.8 Å². The minimum Gasteiger partial charge on any atom is -0.399 e. The molecule has 1 aromatic heterocycles. The number of nitrogens with one attached hydrogen (secondary N) is 1. The lowest BCUT2D eigenvalue weighted by Gasteiger charge is -2.32. The summed E-state index contributed by atoms with van der Waals surface area (Å²) < 4.78 is 5.30. The van der Waals surface area contributed by atoms with Crippen molar-refractivity contribution in [1.29, 1.82) is 0 Å².